The number of ether oxygens (including phenoxy) is 2. The van der Waals surface area contributed by atoms with Crippen LogP contribution in [0.5, 0.6) is 0 Å². The molecule has 4 nitrogen and oxygen atoms in total. The zero-order valence-corrected chi connectivity index (χ0v) is 33.7. The highest BCUT2D eigenvalue weighted by atomic mass is 16.5. The zero-order chi connectivity index (χ0) is 37.8. The number of hydrogen-bond donors (Lipinski definition) is 0. The van der Waals surface area contributed by atoms with Gasteiger partial charge in [0.15, 0.2) is 0 Å². The van der Waals surface area contributed by atoms with Crippen molar-refractivity contribution in [2.45, 2.75) is 118 Å². The van der Waals surface area contributed by atoms with Gasteiger partial charge in [0.05, 0.1) is 18.2 Å². The van der Waals surface area contributed by atoms with E-state index in [0.717, 1.165) is 76.3 Å². The summed E-state index contributed by atoms with van der Waals surface area (Å²) in [5.74, 6) is 4.91. The fraction of sp³-hybridized carbons (Fsp3) is 0.560. The van der Waals surface area contributed by atoms with Crippen LogP contribution in [0.1, 0.15) is 132 Å². The highest BCUT2D eigenvalue weighted by molar-refractivity contribution is 6.09. The maximum atomic E-state index is 14.4. The second-order valence-corrected chi connectivity index (χ2v) is 19.0. The first kappa shape index (κ1) is 37.3. The molecular weight excluding hydrogens is 665 g/mol. The van der Waals surface area contributed by atoms with Gasteiger partial charge in [0.25, 0.3) is 0 Å². The van der Waals surface area contributed by atoms with E-state index < -0.39 is 5.97 Å². The molecule has 9 atom stereocenters. The summed E-state index contributed by atoms with van der Waals surface area (Å²) in [5.41, 5.74) is 3.18. The van der Waals surface area contributed by atoms with Crippen molar-refractivity contribution in [3.63, 3.8) is 0 Å². The molecule has 286 valence electrons. The Hall–Kier alpha value is -3.66. The molecule has 0 unspecified atom stereocenters. The average Bonchev–Trinajstić information content (AvgIpc) is 3.53. The number of carbonyl (C=O) groups excluding carboxylic acids is 2. The summed E-state index contributed by atoms with van der Waals surface area (Å²) in [6.45, 7) is 12.6. The molecule has 0 bridgehead atoms. The predicted octanol–water partition coefficient (Wildman–Crippen LogP) is 13.1. The molecule has 4 saturated carbocycles. The van der Waals surface area contributed by atoms with Crippen LogP contribution in [-0.2, 0) is 9.47 Å². The smallest absolute Gasteiger partial charge is 0.339 e. The quantitative estimate of drug-likeness (QED) is 0.161. The third-order valence-corrected chi connectivity index (χ3v) is 15.8. The largest absolute Gasteiger partial charge is 0.465 e. The van der Waals surface area contributed by atoms with E-state index in [0.29, 0.717) is 39.0 Å². The van der Waals surface area contributed by atoms with Crippen LogP contribution in [0.25, 0.3) is 32.7 Å². The van der Waals surface area contributed by atoms with Gasteiger partial charge in [-0.25, -0.2) is 9.59 Å². The zero-order valence-electron chi connectivity index (χ0n) is 33.7. The number of hydrogen-bond acceptors (Lipinski definition) is 4. The van der Waals surface area contributed by atoms with Crippen molar-refractivity contribution in [3.8, 4) is 11.1 Å². The molecule has 4 aliphatic carbocycles. The van der Waals surface area contributed by atoms with E-state index in [9.17, 15) is 9.59 Å². The molecule has 4 aromatic rings. The third kappa shape index (κ3) is 6.58. The first-order valence-electron chi connectivity index (χ1n) is 21.4. The second-order valence-electron chi connectivity index (χ2n) is 19.0. The maximum absolute atomic E-state index is 14.4. The molecule has 4 fully saturated rings. The van der Waals surface area contributed by atoms with Gasteiger partial charge in [-0.1, -0.05) is 102 Å². The Balaban J connectivity index is 1.02. The van der Waals surface area contributed by atoms with Crippen LogP contribution in [0.2, 0.25) is 0 Å². The molecule has 4 aromatic carbocycles. The Morgan fingerprint density at radius 2 is 1.26 bits per heavy atom. The molecule has 4 aliphatic rings. The van der Waals surface area contributed by atoms with Crippen molar-refractivity contribution < 1.29 is 19.1 Å². The van der Waals surface area contributed by atoms with E-state index in [2.05, 4.69) is 40.7 Å². The van der Waals surface area contributed by atoms with Crippen molar-refractivity contribution in [2.75, 3.05) is 7.11 Å². The summed E-state index contributed by atoms with van der Waals surface area (Å²) in [6.07, 6.45) is 15.3. The lowest BCUT2D eigenvalue weighted by molar-refractivity contribution is -0.130. The number of carbonyl (C=O) groups is 2. The van der Waals surface area contributed by atoms with Crippen LogP contribution >= 0.6 is 0 Å². The summed E-state index contributed by atoms with van der Waals surface area (Å²) >= 11 is 0. The van der Waals surface area contributed by atoms with Crippen molar-refractivity contribution in [2.24, 2.45) is 52.3 Å². The summed E-state index contributed by atoms with van der Waals surface area (Å²) in [7, 11) is 1.41. The number of fused-ring (bicyclic) bond motifs is 7. The van der Waals surface area contributed by atoms with Crippen LogP contribution in [0, 0.1) is 52.3 Å². The van der Waals surface area contributed by atoms with Gasteiger partial charge in [-0.05, 0) is 167 Å². The minimum Gasteiger partial charge on any atom is -0.465 e. The van der Waals surface area contributed by atoms with Crippen LogP contribution in [-0.4, -0.2) is 25.2 Å². The molecule has 4 heteroatoms. The van der Waals surface area contributed by atoms with E-state index in [-0.39, 0.29) is 12.1 Å². The fourth-order valence-corrected chi connectivity index (χ4v) is 12.9. The Labute approximate surface area is 323 Å². The molecule has 8 rings (SSSR count). The van der Waals surface area contributed by atoms with Crippen LogP contribution < -0.4 is 0 Å². The standard InChI is InChI=1S/C50H62O4/c1-31(2)12-11-13-32(3)44-20-21-45-39-19-18-37-30-38(22-24-49(37,4)46(39)23-25-50(44,45)5)54-48(52)43-29-36-17-10-8-15-34(36)27-41(43)40-26-33-14-7-9-16-35(33)28-42(40)47(51)53-6/h7-10,14-17,26-29,31-32,37-39,44-46H,11-13,18-25,30H2,1-6H3/t32-,37-,38-,39-,44+,45-,46-,49-,50+/m0/s1. The Morgan fingerprint density at radius 3 is 1.87 bits per heavy atom. The van der Waals surface area contributed by atoms with E-state index in [1.165, 1.54) is 64.9 Å². The summed E-state index contributed by atoms with van der Waals surface area (Å²) in [4.78, 5) is 27.7. The number of benzene rings is 4. The van der Waals surface area contributed by atoms with Gasteiger partial charge < -0.3 is 9.47 Å². The predicted molar refractivity (Wildman–Crippen MR) is 221 cm³/mol. The maximum Gasteiger partial charge on any atom is 0.339 e. The summed E-state index contributed by atoms with van der Waals surface area (Å²) in [6, 6.07) is 24.0. The van der Waals surface area contributed by atoms with Gasteiger partial charge in [0.2, 0.25) is 0 Å². The fourth-order valence-electron chi connectivity index (χ4n) is 12.9. The van der Waals surface area contributed by atoms with Gasteiger partial charge in [-0.15, -0.1) is 0 Å². The lowest BCUT2D eigenvalue weighted by Crippen LogP contribution is -2.54. The normalized spacial score (nSPS) is 31.1. The molecule has 0 radical (unpaired) electrons. The monoisotopic (exact) mass is 726 g/mol. The number of rotatable bonds is 9. The summed E-state index contributed by atoms with van der Waals surface area (Å²) < 4.78 is 11.8. The summed E-state index contributed by atoms with van der Waals surface area (Å²) in [5, 5.41) is 3.94. The molecule has 0 saturated heterocycles. The van der Waals surface area contributed by atoms with E-state index in [4.69, 9.17) is 9.47 Å². The van der Waals surface area contributed by atoms with Gasteiger partial charge >= 0.3 is 11.9 Å². The first-order valence-corrected chi connectivity index (χ1v) is 21.4. The molecule has 54 heavy (non-hydrogen) atoms. The highest BCUT2D eigenvalue weighted by Gasteiger charge is 2.60. The minimum atomic E-state index is -0.419. The van der Waals surface area contributed by atoms with Crippen LogP contribution in [0.4, 0.5) is 0 Å². The molecular formula is C50H62O4. The molecule has 0 aliphatic heterocycles. The van der Waals surface area contributed by atoms with Crippen molar-refractivity contribution in [3.05, 3.63) is 83.9 Å². The van der Waals surface area contributed by atoms with Crippen molar-refractivity contribution in [1.82, 2.24) is 0 Å². The van der Waals surface area contributed by atoms with Gasteiger partial charge in [0, 0.05) is 0 Å². The highest BCUT2D eigenvalue weighted by Crippen LogP contribution is 2.68. The second kappa shape index (κ2) is 14.8. The lowest BCUT2D eigenvalue weighted by atomic mass is 9.44. The first-order chi connectivity index (χ1) is 26.0. The van der Waals surface area contributed by atoms with E-state index in [1.54, 1.807) is 0 Å². The van der Waals surface area contributed by atoms with Gasteiger partial charge in [0.1, 0.15) is 6.10 Å². The molecule has 0 spiro atoms. The van der Waals surface area contributed by atoms with Gasteiger partial charge in [-0.2, -0.15) is 0 Å². The van der Waals surface area contributed by atoms with E-state index in [1.807, 2.05) is 66.7 Å². The minimum absolute atomic E-state index is 0.0977. The van der Waals surface area contributed by atoms with Crippen LogP contribution in [0.3, 0.4) is 0 Å². The topological polar surface area (TPSA) is 52.6 Å². The molecule has 0 amide bonds. The Kier molecular flexibility index (Phi) is 10.2. The Morgan fingerprint density at radius 1 is 0.685 bits per heavy atom. The Bertz CT molecular complexity index is 2030. The van der Waals surface area contributed by atoms with Crippen molar-refractivity contribution in [1.29, 1.82) is 0 Å². The number of methoxy groups -OCH3 is 1. The van der Waals surface area contributed by atoms with Gasteiger partial charge in [-0.3, -0.25) is 0 Å². The lowest BCUT2D eigenvalue weighted by Gasteiger charge is -2.61. The average molecular weight is 727 g/mol. The molecule has 0 aromatic heterocycles. The molecule has 0 heterocycles. The number of esters is 2. The van der Waals surface area contributed by atoms with E-state index >= 15 is 0 Å². The third-order valence-electron chi connectivity index (χ3n) is 15.8. The SMILES string of the molecule is COC(=O)c1cc2ccccc2cc1-c1cc2ccccc2cc1C(=O)O[C@H]1CC[C@@]2(C)[C@@H](CC[C@@H]3[C@@H]2CC[C@]2(C)[C@@H]([C@@H](C)CCCC(C)C)CC[C@@H]32)C1. The van der Waals surface area contributed by atoms with Crippen LogP contribution in [0.15, 0.2) is 72.8 Å². The molecule has 0 N–H and O–H groups in total. The van der Waals surface area contributed by atoms with Crippen molar-refractivity contribution >= 4 is 33.5 Å².